The second-order valence-corrected chi connectivity index (χ2v) is 6.33. The van der Waals surface area contributed by atoms with Crippen LogP contribution in [0.4, 0.5) is 14.5 Å². The quantitative estimate of drug-likeness (QED) is 0.767. The zero-order chi connectivity index (χ0) is 19.0. The highest BCUT2D eigenvalue weighted by Crippen LogP contribution is 2.27. The molecular formula is C19H16F2N4O2. The van der Waals surface area contributed by atoms with Crippen molar-refractivity contribution >= 4 is 11.6 Å². The van der Waals surface area contributed by atoms with Gasteiger partial charge in [0.15, 0.2) is 5.69 Å². The number of aromatic nitrogens is 3. The van der Waals surface area contributed by atoms with Crippen molar-refractivity contribution in [2.45, 2.75) is 26.2 Å². The highest BCUT2D eigenvalue weighted by Gasteiger charge is 2.28. The van der Waals surface area contributed by atoms with Crippen LogP contribution < -0.4 is 5.32 Å². The smallest absolute Gasteiger partial charge is 0.278 e. The second kappa shape index (κ2) is 6.88. The summed E-state index contributed by atoms with van der Waals surface area (Å²) in [5.74, 6) is -1.12. The zero-order valence-electron chi connectivity index (χ0n) is 14.4. The number of benzene rings is 2. The lowest BCUT2D eigenvalue weighted by Crippen LogP contribution is -2.24. The Labute approximate surface area is 153 Å². The van der Waals surface area contributed by atoms with Crippen LogP contribution in [0.2, 0.25) is 0 Å². The summed E-state index contributed by atoms with van der Waals surface area (Å²) in [6, 6.07) is 10.2. The maximum absolute atomic E-state index is 13.2. The molecule has 1 aliphatic heterocycles. The summed E-state index contributed by atoms with van der Waals surface area (Å²) < 4.78 is 33.7. The molecule has 3 aromatic rings. The van der Waals surface area contributed by atoms with Crippen molar-refractivity contribution in [2.75, 3.05) is 5.32 Å². The molecule has 0 saturated carbocycles. The number of amides is 1. The van der Waals surface area contributed by atoms with Crippen molar-refractivity contribution in [3.8, 4) is 0 Å². The van der Waals surface area contributed by atoms with Gasteiger partial charge in [0.1, 0.15) is 17.7 Å². The number of halogens is 2. The van der Waals surface area contributed by atoms with Crippen LogP contribution in [0.3, 0.4) is 0 Å². The number of carbonyl (C=O) groups is 1. The van der Waals surface area contributed by atoms with Gasteiger partial charge in [0, 0.05) is 5.69 Å². The molecule has 8 heteroatoms. The van der Waals surface area contributed by atoms with Crippen LogP contribution in [0, 0.1) is 18.6 Å². The van der Waals surface area contributed by atoms with Gasteiger partial charge in [-0.15, -0.1) is 5.10 Å². The molecule has 0 saturated heterocycles. The Morgan fingerprint density at radius 1 is 1.19 bits per heavy atom. The molecule has 2 heterocycles. The third kappa shape index (κ3) is 3.43. The van der Waals surface area contributed by atoms with Crippen LogP contribution in [0.15, 0.2) is 42.5 Å². The van der Waals surface area contributed by atoms with E-state index < -0.39 is 5.91 Å². The van der Waals surface area contributed by atoms with E-state index in [-0.39, 0.29) is 30.0 Å². The van der Waals surface area contributed by atoms with E-state index in [1.54, 1.807) is 23.7 Å². The molecule has 6 nitrogen and oxygen atoms in total. The topological polar surface area (TPSA) is 69.0 Å². The lowest BCUT2D eigenvalue weighted by Gasteiger charge is -2.24. The van der Waals surface area contributed by atoms with E-state index in [0.29, 0.717) is 23.5 Å². The standard InChI is InChI=1S/C19H16F2N4O2/c1-11-8-14(21)6-7-15(11)22-19(26)18-16-10-27-17(9-25(16)24-23-18)12-2-4-13(20)5-3-12/h2-8,17H,9-10H2,1H3,(H,22,26)/t17-/m0/s1. The second-order valence-electron chi connectivity index (χ2n) is 6.33. The fraction of sp³-hybridized carbons (Fsp3) is 0.211. The number of nitrogens with one attached hydrogen (secondary N) is 1. The van der Waals surface area contributed by atoms with Gasteiger partial charge in [-0.3, -0.25) is 4.79 Å². The Morgan fingerprint density at radius 3 is 2.67 bits per heavy atom. The molecule has 1 aliphatic rings. The van der Waals surface area contributed by atoms with Crippen molar-refractivity contribution in [3.05, 3.63) is 76.6 Å². The third-order valence-electron chi connectivity index (χ3n) is 4.49. The summed E-state index contributed by atoms with van der Waals surface area (Å²) >= 11 is 0. The predicted octanol–water partition coefficient (Wildman–Crippen LogP) is 3.39. The van der Waals surface area contributed by atoms with Gasteiger partial charge in [0.05, 0.1) is 18.8 Å². The molecule has 4 rings (SSSR count). The van der Waals surface area contributed by atoms with E-state index >= 15 is 0 Å². The van der Waals surface area contributed by atoms with E-state index in [2.05, 4.69) is 15.6 Å². The number of carbonyl (C=O) groups excluding carboxylic acids is 1. The van der Waals surface area contributed by atoms with Gasteiger partial charge >= 0.3 is 0 Å². The lowest BCUT2D eigenvalue weighted by molar-refractivity contribution is -0.00174. The summed E-state index contributed by atoms with van der Waals surface area (Å²) in [6.45, 7) is 2.23. The monoisotopic (exact) mass is 370 g/mol. The van der Waals surface area contributed by atoms with Gasteiger partial charge in [-0.25, -0.2) is 13.5 Å². The lowest BCUT2D eigenvalue weighted by atomic mass is 10.1. The summed E-state index contributed by atoms with van der Waals surface area (Å²) in [4.78, 5) is 12.6. The van der Waals surface area contributed by atoms with Crippen molar-refractivity contribution < 1.29 is 18.3 Å². The van der Waals surface area contributed by atoms with Crippen LogP contribution in [-0.2, 0) is 17.9 Å². The maximum Gasteiger partial charge on any atom is 0.278 e. The summed E-state index contributed by atoms with van der Waals surface area (Å²) in [5, 5.41) is 10.7. The van der Waals surface area contributed by atoms with Gasteiger partial charge in [0.2, 0.25) is 0 Å². The molecule has 0 aliphatic carbocycles. The molecule has 1 aromatic heterocycles. The molecule has 27 heavy (non-hydrogen) atoms. The first-order chi connectivity index (χ1) is 13.0. The Bertz CT molecular complexity index is 1000. The molecule has 0 spiro atoms. The van der Waals surface area contributed by atoms with E-state index in [1.807, 2.05) is 0 Å². The van der Waals surface area contributed by atoms with Gasteiger partial charge < -0.3 is 10.1 Å². The molecular weight excluding hydrogens is 354 g/mol. The first kappa shape index (κ1) is 17.3. The number of rotatable bonds is 3. The largest absolute Gasteiger partial charge is 0.365 e. The molecule has 0 unspecified atom stereocenters. The average molecular weight is 370 g/mol. The molecule has 2 aromatic carbocycles. The van der Waals surface area contributed by atoms with Crippen LogP contribution in [0.1, 0.15) is 33.4 Å². The minimum atomic E-state index is -0.435. The Kier molecular flexibility index (Phi) is 4.41. The predicted molar refractivity (Wildman–Crippen MR) is 93.0 cm³/mol. The number of hydrogen-bond donors (Lipinski definition) is 1. The fourth-order valence-electron chi connectivity index (χ4n) is 3.02. The van der Waals surface area contributed by atoms with Crippen LogP contribution in [0.5, 0.6) is 0 Å². The van der Waals surface area contributed by atoms with Crippen LogP contribution in [-0.4, -0.2) is 20.9 Å². The van der Waals surface area contributed by atoms with E-state index in [1.165, 1.54) is 30.3 Å². The summed E-state index contributed by atoms with van der Waals surface area (Å²) in [7, 11) is 0. The molecule has 1 atom stereocenters. The number of ether oxygens (including phenoxy) is 1. The third-order valence-corrected chi connectivity index (χ3v) is 4.49. The number of aryl methyl sites for hydroxylation is 1. The van der Waals surface area contributed by atoms with Crippen molar-refractivity contribution in [2.24, 2.45) is 0 Å². The minimum Gasteiger partial charge on any atom is -0.365 e. The minimum absolute atomic E-state index is 0.153. The van der Waals surface area contributed by atoms with Gasteiger partial charge in [0.25, 0.3) is 5.91 Å². The number of fused-ring (bicyclic) bond motifs is 1. The van der Waals surface area contributed by atoms with Gasteiger partial charge in [-0.05, 0) is 48.4 Å². The number of anilines is 1. The fourth-order valence-corrected chi connectivity index (χ4v) is 3.02. The Morgan fingerprint density at radius 2 is 1.93 bits per heavy atom. The van der Waals surface area contributed by atoms with Gasteiger partial charge in [-0.1, -0.05) is 17.3 Å². The van der Waals surface area contributed by atoms with Crippen molar-refractivity contribution in [1.82, 2.24) is 15.0 Å². The summed E-state index contributed by atoms with van der Waals surface area (Å²) in [5.41, 5.74) is 2.66. The summed E-state index contributed by atoms with van der Waals surface area (Å²) in [6.07, 6.45) is -0.296. The Balaban J connectivity index is 1.52. The molecule has 138 valence electrons. The first-order valence-electron chi connectivity index (χ1n) is 8.38. The molecule has 0 fully saturated rings. The number of nitrogens with zero attached hydrogens (tertiary/aromatic N) is 3. The SMILES string of the molecule is Cc1cc(F)ccc1NC(=O)c1nnn2c1CO[C@H](c1ccc(F)cc1)C2. The zero-order valence-corrected chi connectivity index (χ0v) is 14.4. The highest BCUT2D eigenvalue weighted by atomic mass is 19.1. The van der Waals surface area contributed by atoms with Crippen LogP contribution in [0.25, 0.3) is 0 Å². The van der Waals surface area contributed by atoms with E-state index in [4.69, 9.17) is 4.74 Å². The van der Waals surface area contributed by atoms with E-state index in [9.17, 15) is 13.6 Å². The average Bonchev–Trinajstić information content (AvgIpc) is 3.08. The Hall–Kier alpha value is -3.13. The van der Waals surface area contributed by atoms with Crippen LogP contribution >= 0.6 is 0 Å². The first-order valence-corrected chi connectivity index (χ1v) is 8.38. The van der Waals surface area contributed by atoms with Crippen molar-refractivity contribution in [1.29, 1.82) is 0 Å². The number of hydrogen-bond acceptors (Lipinski definition) is 4. The molecule has 0 bridgehead atoms. The van der Waals surface area contributed by atoms with Gasteiger partial charge in [-0.2, -0.15) is 0 Å². The molecule has 0 radical (unpaired) electrons. The highest BCUT2D eigenvalue weighted by molar-refractivity contribution is 6.03. The van der Waals surface area contributed by atoms with Crippen molar-refractivity contribution in [3.63, 3.8) is 0 Å². The maximum atomic E-state index is 13.2. The molecule has 1 N–H and O–H groups in total. The van der Waals surface area contributed by atoms with E-state index in [0.717, 1.165) is 5.56 Å². The molecule has 1 amide bonds. The normalized spacial score (nSPS) is 16.0.